The predicted molar refractivity (Wildman–Crippen MR) is 160 cm³/mol. The summed E-state index contributed by atoms with van der Waals surface area (Å²) in [6.45, 7) is 7.67. The van der Waals surface area contributed by atoms with Crippen LogP contribution in [0.15, 0.2) is 65.3 Å². The first-order valence-corrected chi connectivity index (χ1v) is 14.6. The van der Waals surface area contributed by atoms with Crippen LogP contribution in [0.1, 0.15) is 85.5 Å². The molecule has 3 aliphatic rings. The Labute approximate surface area is 238 Å². The maximum atomic E-state index is 14.1. The van der Waals surface area contributed by atoms with E-state index >= 15 is 0 Å². The Bertz CT molecular complexity index is 1450. The quantitative estimate of drug-likeness (QED) is 0.309. The lowest BCUT2D eigenvalue weighted by molar-refractivity contribution is -0.129. The minimum atomic E-state index is -0.324. The zero-order chi connectivity index (χ0) is 28.6. The van der Waals surface area contributed by atoms with Crippen LogP contribution in [0.5, 0.6) is 5.75 Å². The number of methoxy groups -OCH3 is 1. The first-order chi connectivity index (χ1) is 19.2. The summed E-state index contributed by atoms with van der Waals surface area (Å²) >= 11 is 0. The van der Waals surface area contributed by atoms with Gasteiger partial charge in [0.1, 0.15) is 17.3 Å². The fraction of sp³-hybridized carbons (Fsp3) is 0.417. The summed E-state index contributed by atoms with van der Waals surface area (Å²) in [6, 6.07) is 12.5. The summed E-state index contributed by atoms with van der Waals surface area (Å²) in [5.74, 6) is 0.839. The van der Waals surface area contributed by atoms with Crippen molar-refractivity contribution in [1.29, 1.82) is 0 Å². The Morgan fingerprint density at radius 1 is 1.05 bits per heavy atom. The highest BCUT2D eigenvalue weighted by atomic mass is 16.5. The minimum absolute atomic E-state index is 0.0215. The van der Waals surface area contributed by atoms with E-state index in [9.17, 15) is 14.4 Å². The second-order valence-corrected chi connectivity index (χ2v) is 11.9. The maximum absolute atomic E-state index is 14.1. The maximum Gasteiger partial charge on any atom is 0.189 e. The van der Waals surface area contributed by atoms with E-state index in [1.165, 1.54) is 29.2 Å². The first-order valence-electron chi connectivity index (χ1n) is 14.6. The van der Waals surface area contributed by atoms with E-state index in [0.29, 0.717) is 0 Å². The number of Topliss-reactive ketones (excluding diaryl/α,β-unsaturated/α-hetero) is 3. The summed E-state index contributed by atoms with van der Waals surface area (Å²) in [5, 5.41) is 0. The molecule has 0 saturated carbocycles. The predicted octanol–water partition coefficient (Wildman–Crippen LogP) is 7.62. The molecule has 3 aliphatic carbocycles. The van der Waals surface area contributed by atoms with Crippen molar-refractivity contribution in [2.45, 2.75) is 72.6 Å². The molecule has 3 atom stereocenters. The molecular formula is C36H40O4. The van der Waals surface area contributed by atoms with E-state index in [1.54, 1.807) is 7.11 Å². The third-order valence-corrected chi connectivity index (χ3v) is 9.17. The molecule has 40 heavy (non-hydrogen) atoms. The Morgan fingerprint density at radius 2 is 1.80 bits per heavy atom. The normalized spacial score (nSPS) is 21.9. The topological polar surface area (TPSA) is 60.4 Å². The molecule has 0 saturated heterocycles. The van der Waals surface area contributed by atoms with E-state index in [-0.39, 0.29) is 41.5 Å². The first kappa shape index (κ1) is 28.0. The van der Waals surface area contributed by atoms with Crippen molar-refractivity contribution in [2.75, 3.05) is 7.11 Å². The summed E-state index contributed by atoms with van der Waals surface area (Å²) in [4.78, 5) is 39.2. The number of fused-ring (bicyclic) bond motifs is 2. The number of ketones is 3. The van der Waals surface area contributed by atoms with Gasteiger partial charge in [-0.05, 0) is 105 Å². The fourth-order valence-electron chi connectivity index (χ4n) is 7.35. The van der Waals surface area contributed by atoms with Gasteiger partial charge >= 0.3 is 0 Å². The molecule has 0 bridgehead atoms. The Kier molecular flexibility index (Phi) is 8.07. The third-order valence-electron chi connectivity index (χ3n) is 9.17. The number of ether oxygens (including phenoxy) is 1. The summed E-state index contributed by atoms with van der Waals surface area (Å²) in [6.07, 6.45) is 9.81. The van der Waals surface area contributed by atoms with Gasteiger partial charge < -0.3 is 4.74 Å². The number of hydrogen-bond acceptors (Lipinski definition) is 4. The smallest absolute Gasteiger partial charge is 0.189 e. The van der Waals surface area contributed by atoms with Gasteiger partial charge in [0.05, 0.1) is 13.5 Å². The Morgan fingerprint density at radius 3 is 2.48 bits per heavy atom. The van der Waals surface area contributed by atoms with Crippen LogP contribution in [0.25, 0.3) is 5.57 Å². The molecule has 4 heteroatoms. The van der Waals surface area contributed by atoms with Crippen LogP contribution in [0, 0.1) is 24.7 Å². The lowest BCUT2D eigenvalue weighted by Crippen LogP contribution is -2.38. The van der Waals surface area contributed by atoms with Crippen LogP contribution in [0.3, 0.4) is 0 Å². The van der Waals surface area contributed by atoms with Crippen LogP contribution in [-0.2, 0) is 22.4 Å². The van der Waals surface area contributed by atoms with Crippen molar-refractivity contribution in [3.8, 4) is 5.75 Å². The largest absolute Gasteiger partial charge is 0.497 e. The second kappa shape index (κ2) is 11.5. The van der Waals surface area contributed by atoms with Crippen LogP contribution < -0.4 is 4.74 Å². The number of rotatable bonds is 9. The second-order valence-electron chi connectivity index (χ2n) is 11.9. The van der Waals surface area contributed by atoms with Gasteiger partial charge in [0, 0.05) is 17.1 Å². The van der Waals surface area contributed by atoms with Crippen molar-refractivity contribution in [2.24, 2.45) is 17.8 Å². The molecule has 3 unspecified atom stereocenters. The molecule has 4 nitrogen and oxygen atoms in total. The number of carbonyl (C=O) groups excluding carboxylic acids is 3. The van der Waals surface area contributed by atoms with E-state index < -0.39 is 0 Å². The number of allylic oxidation sites excluding steroid dienone is 6. The average molecular weight is 537 g/mol. The highest BCUT2D eigenvalue weighted by Gasteiger charge is 2.43. The lowest BCUT2D eigenvalue weighted by Gasteiger charge is -2.40. The molecule has 2 aromatic carbocycles. The van der Waals surface area contributed by atoms with Gasteiger partial charge in [-0.2, -0.15) is 0 Å². The third kappa shape index (κ3) is 5.29. The molecule has 0 heterocycles. The minimum Gasteiger partial charge on any atom is -0.497 e. The number of hydrogen-bond donors (Lipinski definition) is 0. The van der Waals surface area contributed by atoms with E-state index in [4.69, 9.17) is 4.74 Å². The molecule has 0 fully saturated rings. The van der Waals surface area contributed by atoms with E-state index in [2.05, 4.69) is 50.3 Å². The molecule has 0 amide bonds. The molecule has 0 N–H and O–H groups in total. The van der Waals surface area contributed by atoms with Crippen LogP contribution in [-0.4, -0.2) is 24.5 Å². The van der Waals surface area contributed by atoms with Crippen molar-refractivity contribution in [3.63, 3.8) is 0 Å². The van der Waals surface area contributed by atoms with Gasteiger partial charge in [0.2, 0.25) is 0 Å². The van der Waals surface area contributed by atoms with Gasteiger partial charge in [0.15, 0.2) is 5.78 Å². The zero-order valence-electron chi connectivity index (χ0n) is 24.4. The number of carbonyl (C=O) groups is 3. The summed E-state index contributed by atoms with van der Waals surface area (Å²) in [7, 11) is 1.68. The molecule has 208 valence electrons. The van der Waals surface area contributed by atoms with Crippen molar-refractivity contribution in [1.82, 2.24) is 0 Å². The Hall–Kier alpha value is -3.53. The van der Waals surface area contributed by atoms with Crippen molar-refractivity contribution < 1.29 is 19.1 Å². The van der Waals surface area contributed by atoms with Crippen molar-refractivity contribution in [3.05, 3.63) is 93.1 Å². The zero-order valence-corrected chi connectivity index (χ0v) is 24.4. The van der Waals surface area contributed by atoms with Gasteiger partial charge in [-0.3, -0.25) is 14.4 Å². The SMILES string of the molecule is CCCC1CC2Cc3ccc(CC4=CC(c5ccc(OC)cc5)=CC4)c(C)c3C(=O)C2=C(C)C1C(=O)CC(C)=O. The summed E-state index contributed by atoms with van der Waals surface area (Å²) in [5.41, 5.74) is 9.68. The van der Waals surface area contributed by atoms with Crippen molar-refractivity contribution >= 4 is 22.9 Å². The van der Waals surface area contributed by atoms with Gasteiger partial charge in [0.25, 0.3) is 0 Å². The standard InChI is InChI=1S/C36H40O4/c1-6-7-28-19-30-20-29-11-10-26(17-24-8-9-27(18-24)25-12-14-31(40-5)15-13-25)22(3)34(29)36(39)35(30)23(4)33(28)32(38)16-21(2)37/h9-15,18,28,30,33H,6-8,16-17,19-20H2,1-5H3. The van der Waals surface area contributed by atoms with E-state index in [0.717, 1.165) is 72.1 Å². The highest BCUT2D eigenvalue weighted by molar-refractivity contribution is 6.13. The summed E-state index contributed by atoms with van der Waals surface area (Å²) < 4.78 is 5.29. The molecule has 2 aromatic rings. The van der Waals surface area contributed by atoms with Gasteiger partial charge in [-0.25, -0.2) is 0 Å². The molecular weight excluding hydrogens is 496 g/mol. The molecule has 0 radical (unpaired) electrons. The lowest BCUT2D eigenvalue weighted by atomic mass is 9.62. The number of benzene rings is 2. The highest BCUT2D eigenvalue weighted by Crippen LogP contribution is 2.47. The monoisotopic (exact) mass is 536 g/mol. The van der Waals surface area contributed by atoms with Crippen LogP contribution >= 0.6 is 0 Å². The fourth-order valence-corrected chi connectivity index (χ4v) is 7.35. The van der Waals surface area contributed by atoms with Gasteiger partial charge in [-0.1, -0.05) is 60.9 Å². The average Bonchev–Trinajstić information content (AvgIpc) is 3.38. The van der Waals surface area contributed by atoms with E-state index in [1.807, 2.05) is 19.1 Å². The van der Waals surface area contributed by atoms with Crippen LogP contribution in [0.4, 0.5) is 0 Å². The molecule has 0 aromatic heterocycles. The van der Waals surface area contributed by atoms with Gasteiger partial charge in [-0.15, -0.1) is 0 Å². The Balaban J connectivity index is 1.43. The molecule has 0 aliphatic heterocycles. The molecule has 5 rings (SSSR count). The molecule has 0 spiro atoms. The van der Waals surface area contributed by atoms with Crippen LogP contribution in [0.2, 0.25) is 0 Å².